The Hall–Kier alpha value is -0.650. The minimum atomic E-state index is -0.303. The molecule has 0 rings (SSSR count). The van der Waals surface area contributed by atoms with Gasteiger partial charge in [0.1, 0.15) is 0 Å². The van der Waals surface area contributed by atoms with Crippen LogP contribution in [0.2, 0.25) is 0 Å². The van der Waals surface area contributed by atoms with Crippen molar-refractivity contribution in [1.29, 1.82) is 0 Å². The van der Waals surface area contributed by atoms with Crippen LogP contribution in [0.4, 0.5) is 0 Å². The molecule has 96 valence electrons. The average Bonchev–Trinajstić information content (AvgIpc) is 2.20. The number of carbonyl (C=O) groups is 1. The van der Waals surface area contributed by atoms with Gasteiger partial charge in [-0.3, -0.25) is 9.69 Å². The Bertz CT molecular complexity index is 198. The number of carbonyl (C=O) groups excluding carboxylic acids is 1. The smallest absolute Gasteiger partial charge is 0.231 e. The Morgan fingerprint density at radius 1 is 1.44 bits per heavy atom. The van der Waals surface area contributed by atoms with E-state index in [0.29, 0.717) is 13.2 Å². The monoisotopic (exact) mass is 231 g/mol. The molecule has 0 radical (unpaired) electrons. The molecular weight excluding hydrogens is 206 g/mol. The quantitative estimate of drug-likeness (QED) is 0.582. The molecule has 0 aliphatic carbocycles. The van der Waals surface area contributed by atoms with Gasteiger partial charge in [-0.15, -0.1) is 0 Å². The number of hydrogen-bond acceptors (Lipinski definition) is 4. The van der Waals surface area contributed by atoms with Gasteiger partial charge in [0.15, 0.2) is 0 Å². The molecule has 0 saturated carbocycles. The summed E-state index contributed by atoms with van der Waals surface area (Å²) in [5, 5.41) is 0. The van der Waals surface area contributed by atoms with Crippen LogP contribution in [0.25, 0.3) is 0 Å². The highest BCUT2D eigenvalue weighted by atomic mass is 16.5. The van der Waals surface area contributed by atoms with Crippen molar-refractivity contribution >= 4 is 5.91 Å². The molecule has 0 aromatic rings. The van der Waals surface area contributed by atoms with Crippen LogP contribution in [0, 0.1) is 0 Å². The molecule has 0 heterocycles. The SMILES string of the molecule is COCC(CCCN)N(CC(N)=O)C(C)C. The van der Waals surface area contributed by atoms with Crippen molar-refractivity contribution in [2.24, 2.45) is 11.5 Å². The van der Waals surface area contributed by atoms with Gasteiger partial charge in [-0.25, -0.2) is 0 Å². The summed E-state index contributed by atoms with van der Waals surface area (Å²) >= 11 is 0. The summed E-state index contributed by atoms with van der Waals surface area (Å²) < 4.78 is 5.18. The van der Waals surface area contributed by atoms with E-state index in [1.807, 2.05) is 13.8 Å². The summed E-state index contributed by atoms with van der Waals surface area (Å²) in [6.07, 6.45) is 1.85. The first-order chi connectivity index (χ1) is 7.52. The van der Waals surface area contributed by atoms with E-state index in [0.717, 1.165) is 12.8 Å². The molecule has 5 nitrogen and oxygen atoms in total. The molecule has 1 unspecified atom stereocenters. The number of rotatable bonds is 9. The highest BCUT2D eigenvalue weighted by Gasteiger charge is 2.22. The Balaban J connectivity index is 4.44. The Kier molecular flexibility index (Phi) is 8.15. The zero-order valence-corrected chi connectivity index (χ0v) is 10.6. The number of methoxy groups -OCH3 is 1. The lowest BCUT2D eigenvalue weighted by molar-refractivity contribution is -0.120. The van der Waals surface area contributed by atoms with Crippen LogP contribution in [0.1, 0.15) is 26.7 Å². The first-order valence-corrected chi connectivity index (χ1v) is 5.76. The standard InChI is InChI=1S/C11H25N3O2/c1-9(2)14(7-11(13)15)10(8-16-3)5-4-6-12/h9-10H,4-8,12H2,1-3H3,(H2,13,15). The zero-order valence-electron chi connectivity index (χ0n) is 10.6. The molecule has 0 spiro atoms. The van der Waals surface area contributed by atoms with Crippen molar-refractivity contribution in [2.45, 2.75) is 38.8 Å². The lowest BCUT2D eigenvalue weighted by Gasteiger charge is -2.33. The van der Waals surface area contributed by atoms with Crippen LogP contribution in [0.15, 0.2) is 0 Å². The van der Waals surface area contributed by atoms with Crippen molar-refractivity contribution in [3.05, 3.63) is 0 Å². The van der Waals surface area contributed by atoms with Crippen molar-refractivity contribution in [2.75, 3.05) is 26.8 Å². The fourth-order valence-electron chi connectivity index (χ4n) is 1.80. The summed E-state index contributed by atoms with van der Waals surface area (Å²) in [5.74, 6) is -0.303. The van der Waals surface area contributed by atoms with E-state index in [2.05, 4.69) is 4.90 Å². The molecular formula is C11H25N3O2. The molecule has 16 heavy (non-hydrogen) atoms. The predicted molar refractivity (Wildman–Crippen MR) is 65.0 cm³/mol. The van der Waals surface area contributed by atoms with E-state index in [1.54, 1.807) is 7.11 Å². The maximum atomic E-state index is 11.0. The van der Waals surface area contributed by atoms with Crippen LogP contribution in [-0.2, 0) is 9.53 Å². The molecule has 4 N–H and O–H groups in total. The van der Waals surface area contributed by atoms with Gasteiger partial charge in [-0.1, -0.05) is 0 Å². The largest absolute Gasteiger partial charge is 0.383 e. The molecule has 0 fully saturated rings. The highest BCUT2D eigenvalue weighted by molar-refractivity contribution is 5.76. The molecule has 1 amide bonds. The maximum Gasteiger partial charge on any atom is 0.231 e. The van der Waals surface area contributed by atoms with Crippen LogP contribution in [0.5, 0.6) is 0 Å². The average molecular weight is 231 g/mol. The van der Waals surface area contributed by atoms with E-state index in [4.69, 9.17) is 16.2 Å². The van der Waals surface area contributed by atoms with Crippen molar-refractivity contribution < 1.29 is 9.53 Å². The maximum absolute atomic E-state index is 11.0. The molecule has 0 aromatic heterocycles. The van der Waals surface area contributed by atoms with E-state index >= 15 is 0 Å². The van der Waals surface area contributed by atoms with Crippen molar-refractivity contribution in [3.63, 3.8) is 0 Å². The fraction of sp³-hybridized carbons (Fsp3) is 0.909. The van der Waals surface area contributed by atoms with Gasteiger partial charge in [0.25, 0.3) is 0 Å². The number of amides is 1. The number of ether oxygens (including phenoxy) is 1. The van der Waals surface area contributed by atoms with Gasteiger partial charge < -0.3 is 16.2 Å². The van der Waals surface area contributed by atoms with E-state index in [-0.39, 0.29) is 24.5 Å². The van der Waals surface area contributed by atoms with Crippen molar-refractivity contribution in [3.8, 4) is 0 Å². The number of nitrogens with two attached hydrogens (primary N) is 2. The van der Waals surface area contributed by atoms with E-state index in [1.165, 1.54) is 0 Å². The Morgan fingerprint density at radius 2 is 2.06 bits per heavy atom. The summed E-state index contributed by atoms with van der Waals surface area (Å²) in [5.41, 5.74) is 10.7. The van der Waals surface area contributed by atoms with Gasteiger partial charge in [-0.2, -0.15) is 0 Å². The van der Waals surface area contributed by atoms with Gasteiger partial charge in [0, 0.05) is 19.2 Å². The summed E-state index contributed by atoms with van der Waals surface area (Å²) in [7, 11) is 1.66. The van der Waals surface area contributed by atoms with Crippen LogP contribution in [-0.4, -0.2) is 49.7 Å². The van der Waals surface area contributed by atoms with Crippen LogP contribution < -0.4 is 11.5 Å². The molecule has 0 aliphatic rings. The zero-order chi connectivity index (χ0) is 12.6. The molecule has 0 aromatic carbocycles. The van der Waals surface area contributed by atoms with Gasteiger partial charge in [0.05, 0.1) is 13.2 Å². The lowest BCUT2D eigenvalue weighted by atomic mass is 10.1. The molecule has 0 saturated heterocycles. The number of nitrogens with zero attached hydrogens (tertiary/aromatic N) is 1. The predicted octanol–water partition coefficient (Wildman–Crippen LogP) is -0.0640. The van der Waals surface area contributed by atoms with E-state index in [9.17, 15) is 4.79 Å². The van der Waals surface area contributed by atoms with E-state index < -0.39 is 0 Å². The number of primary amides is 1. The first-order valence-electron chi connectivity index (χ1n) is 5.76. The third-order valence-corrected chi connectivity index (χ3v) is 2.57. The summed E-state index contributed by atoms with van der Waals surface area (Å²) in [6, 6.07) is 0.478. The summed E-state index contributed by atoms with van der Waals surface area (Å²) in [6.45, 7) is 5.63. The highest BCUT2D eigenvalue weighted by Crippen LogP contribution is 2.11. The van der Waals surface area contributed by atoms with Gasteiger partial charge in [0.2, 0.25) is 5.91 Å². The first kappa shape index (κ1) is 15.3. The lowest BCUT2D eigenvalue weighted by Crippen LogP contribution is -2.47. The van der Waals surface area contributed by atoms with Gasteiger partial charge in [-0.05, 0) is 33.2 Å². The fourth-order valence-corrected chi connectivity index (χ4v) is 1.80. The van der Waals surface area contributed by atoms with Crippen molar-refractivity contribution in [1.82, 2.24) is 4.90 Å². The third-order valence-electron chi connectivity index (χ3n) is 2.57. The second-order valence-electron chi connectivity index (χ2n) is 4.27. The molecule has 0 aliphatic heterocycles. The second-order valence-corrected chi connectivity index (χ2v) is 4.27. The third kappa shape index (κ3) is 6.05. The second kappa shape index (κ2) is 8.50. The molecule has 5 heteroatoms. The van der Waals surface area contributed by atoms with Gasteiger partial charge >= 0.3 is 0 Å². The van der Waals surface area contributed by atoms with Crippen LogP contribution in [0.3, 0.4) is 0 Å². The minimum Gasteiger partial charge on any atom is -0.383 e. The normalized spacial score (nSPS) is 13.4. The Labute approximate surface area is 98.1 Å². The van der Waals surface area contributed by atoms with Crippen LogP contribution >= 0.6 is 0 Å². The Morgan fingerprint density at radius 3 is 2.44 bits per heavy atom. The molecule has 0 bridgehead atoms. The topological polar surface area (TPSA) is 81.6 Å². The number of hydrogen-bond donors (Lipinski definition) is 2. The minimum absolute atomic E-state index is 0.209. The molecule has 1 atom stereocenters. The summed E-state index contributed by atoms with van der Waals surface area (Å²) in [4.78, 5) is 13.1.